The molecule has 0 saturated carbocycles. The predicted octanol–water partition coefficient (Wildman–Crippen LogP) is 0.724. The molecule has 2 rings (SSSR count). The first-order chi connectivity index (χ1) is 9.47. The van der Waals surface area contributed by atoms with E-state index in [0.29, 0.717) is 24.2 Å². The average molecular weight is 277 g/mol. The number of hydrogen-bond donors (Lipinski definition) is 3. The molecule has 1 aromatic carbocycles. The van der Waals surface area contributed by atoms with Crippen molar-refractivity contribution in [3.05, 3.63) is 29.8 Å². The second-order valence-corrected chi connectivity index (χ2v) is 4.64. The van der Waals surface area contributed by atoms with Crippen LogP contribution in [-0.2, 0) is 4.79 Å². The minimum absolute atomic E-state index is 0.209. The van der Waals surface area contributed by atoms with Crippen LogP contribution in [0.25, 0.3) is 0 Å². The van der Waals surface area contributed by atoms with E-state index in [1.807, 2.05) is 0 Å². The maximum Gasteiger partial charge on any atom is 0.316 e. The van der Waals surface area contributed by atoms with Crippen LogP contribution >= 0.6 is 0 Å². The van der Waals surface area contributed by atoms with Crippen LogP contribution in [-0.4, -0.2) is 41.0 Å². The summed E-state index contributed by atoms with van der Waals surface area (Å²) < 4.78 is 0. The molecule has 1 atom stereocenters. The number of benzene rings is 1. The highest BCUT2D eigenvalue weighted by Gasteiger charge is 2.31. The summed E-state index contributed by atoms with van der Waals surface area (Å²) in [4.78, 5) is 35.2. The van der Waals surface area contributed by atoms with Gasteiger partial charge in [-0.1, -0.05) is 0 Å². The van der Waals surface area contributed by atoms with Crippen LogP contribution in [0.3, 0.4) is 0 Å². The average Bonchev–Trinajstić information content (AvgIpc) is 2.88. The Bertz CT molecular complexity index is 541. The van der Waals surface area contributed by atoms with Crippen LogP contribution in [0.5, 0.6) is 0 Å². The third-order valence-electron chi connectivity index (χ3n) is 3.22. The van der Waals surface area contributed by atoms with Crippen molar-refractivity contribution in [3.63, 3.8) is 0 Å². The topological polar surface area (TPSA) is 113 Å². The van der Waals surface area contributed by atoms with Gasteiger partial charge in [0.05, 0.1) is 5.92 Å². The van der Waals surface area contributed by atoms with E-state index in [1.165, 1.54) is 4.90 Å². The van der Waals surface area contributed by atoms with Crippen molar-refractivity contribution < 1.29 is 19.5 Å². The summed E-state index contributed by atoms with van der Waals surface area (Å²) in [6.07, 6.45) is 0.475. The first kappa shape index (κ1) is 13.9. The Hall–Kier alpha value is -2.57. The zero-order chi connectivity index (χ0) is 14.7. The van der Waals surface area contributed by atoms with Gasteiger partial charge in [0.1, 0.15) is 0 Å². The first-order valence-electron chi connectivity index (χ1n) is 6.16. The molecule has 20 heavy (non-hydrogen) atoms. The summed E-state index contributed by atoms with van der Waals surface area (Å²) in [6, 6.07) is 5.61. The number of amides is 3. The van der Waals surface area contributed by atoms with Gasteiger partial charge < -0.3 is 21.1 Å². The van der Waals surface area contributed by atoms with Crippen LogP contribution in [0.15, 0.2) is 24.3 Å². The fourth-order valence-corrected chi connectivity index (χ4v) is 2.17. The fourth-order valence-electron chi connectivity index (χ4n) is 2.17. The number of primary amides is 1. The molecule has 0 radical (unpaired) electrons. The molecular formula is C13H15N3O4. The Kier molecular flexibility index (Phi) is 3.88. The van der Waals surface area contributed by atoms with E-state index in [2.05, 4.69) is 5.32 Å². The number of hydrogen-bond acceptors (Lipinski definition) is 3. The van der Waals surface area contributed by atoms with Crippen molar-refractivity contribution in [2.75, 3.05) is 18.4 Å². The van der Waals surface area contributed by atoms with E-state index in [1.54, 1.807) is 24.3 Å². The maximum absolute atomic E-state index is 12.2. The Morgan fingerprint density at radius 1 is 1.25 bits per heavy atom. The van der Waals surface area contributed by atoms with Crippen molar-refractivity contribution in [2.24, 2.45) is 11.7 Å². The van der Waals surface area contributed by atoms with Gasteiger partial charge in [-0.3, -0.25) is 9.59 Å². The van der Waals surface area contributed by atoms with Gasteiger partial charge in [-0.05, 0) is 30.7 Å². The van der Waals surface area contributed by atoms with Crippen molar-refractivity contribution >= 4 is 23.6 Å². The Morgan fingerprint density at radius 2 is 1.90 bits per heavy atom. The summed E-state index contributed by atoms with van der Waals surface area (Å²) in [5.41, 5.74) is 5.93. The maximum atomic E-state index is 12.2. The molecule has 106 valence electrons. The number of urea groups is 1. The van der Waals surface area contributed by atoms with Crippen LogP contribution < -0.4 is 11.1 Å². The van der Waals surface area contributed by atoms with Gasteiger partial charge in [0.25, 0.3) is 5.91 Å². The molecule has 1 aliphatic rings. The summed E-state index contributed by atoms with van der Waals surface area (Å²) in [7, 11) is 0. The second-order valence-electron chi connectivity index (χ2n) is 4.64. The van der Waals surface area contributed by atoms with Crippen LogP contribution in [0, 0.1) is 5.92 Å². The number of aliphatic carboxylic acids is 1. The van der Waals surface area contributed by atoms with E-state index < -0.39 is 17.9 Å². The number of carbonyl (C=O) groups excluding carboxylic acids is 2. The Balaban J connectivity index is 2.03. The predicted molar refractivity (Wildman–Crippen MR) is 71.3 cm³/mol. The quantitative estimate of drug-likeness (QED) is 0.755. The molecule has 1 fully saturated rings. The van der Waals surface area contributed by atoms with E-state index in [9.17, 15) is 14.4 Å². The molecule has 7 heteroatoms. The number of anilines is 1. The van der Waals surface area contributed by atoms with Crippen molar-refractivity contribution in [1.29, 1.82) is 0 Å². The number of nitrogens with zero attached hydrogens (tertiary/aromatic N) is 1. The zero-order valence-corrected chi connectivity index (χ0v) is 10.7. The molecule has 1 unspecified atom stereocenters. The fraction of sp³-hybridized carbons (Fsp3) is 0.308. The second kappa shape index (κ2) is 5.60. The molecule has 0 aromatic heterocycles. The van der Waals surface area contributed by atoms with Crippen molar-refractivity contribution in [2.45, 2.75) is 6.42 Å². The summed E-state index contributed by atoms with van der Waals surface area (Å²) in [5.74, 6) is -1.57. The number of likely N-dealkylation sites (tertiary alicyclic amines) is 1. The van der Waals surface area contributed by atoms with Crippen LogP contribution in [0.1, 0.15) is 16.8 Å². The highest BCUT2D eigenvalue weighted by atomic mass is 16.4. The minimum Gasteiger partial charge on any atom is -0.481 e. The third kappa shape index (κ3) is 3.05. The first-order valence-corrected chi connectivity index (χ1v) is 6.16. The van der Waals surface area contributed by atoms with E-state index in [4.69, 9.17) is 10.8 Å². The number of carboxylic acid groups (broad SMARTS) is 1. The van der Waals surface area contributed by atoms with Crippen LogP contribution in [0.4, 0.5) is 10.5 Å². The van der Waals surface area contributed by atoms with Gasteiger partial charge in [0.2, 0.25) is 0 Å². The molecule has 1 aromatic rings. The lowest BCUT2D eigenvalue weighted by Gasteiger charge is -2.16. The number of carboxylic acids is 1. The number of rotatable bonds is 3. The van der Waals surface area contributed by atoms with Gasteiger partial charge in [-0.2, -0.15) is 0 Å². The molecule has 1 saturated heterocycles. The molecule has 7 nitrogen and oxygen atoms in total. The highest BCUT2D eigenvalue weighted by molar-refractivity contribution is 5.96. The van der Waals surface area contributed by atoms with E-state index in [-0.39, 0.29) is 12.5 Å². The standard InChI is InChI=1S/C13H15N3O4/c14-13(20)15-10-3-1-8(2-4-10)11(17)16-6-5-9(7-16)12(18)19/h1-4,9H,5-7H2,(H,18,19)(H3,14,15,20). The SMILES string of the molecule is NC(=O)Nc1ccc(C(=O)N2CCC(C(=O)O)C2)cc1. The molecule has 1 heterocycles. The van der Waals surface area contributed by atoms with Gasteiger partial charge >= 0.3 is 12.0 Å². The molecule has 0 spiro atoms. The van der Waals surface area contributed by atoms with E-state index in [0.717, 1.165) is 0 Å². The largest absolute Gasteiger partial charge is 0.481 e. The molecule has 0 bridgehead atoms. The third-order valence-corrected chi connectivity index (χ3v) is 3.22. The summed E-state index contributed by atoms with van der Waals surface area (Å²) >= 11 is 0. The highest BCUT2D eigenvalue weighted by Crippen LogP contribution is 2.19. The molecule has 3 amide bonds. The van der Waals surface area contributed by atoms with Crippen LogP contribution in [0.2, 0.25) is 0 Å². The van der Waals surface area contributed by atoms with Gasteiger partial charge in [0.15, 0.2) is 0 Å². The lowest BCUT2D eigenvalue weighted by Crippen LogP contribution is -2.29. The minimum atomic E-state index is -0.874. The normalized spacial score (nSPS) is 17.8. The summed E-state index contributed by atoms with van der Waals surface area (Å²) in [5, 5.41) is 11.3. The van der Waals surface area contributed by atoms with Crippen molar-refractivity contribution in [1.82, 2.24) is 4.90 Å². The van der Waals surface area contributed by atoms with Gasteiger partial charge in [-0.25, -0.2) is 4.79 Å². The lowest BCUT2D eigenvalue weighted by molar-refractivity contribution is -0.141. The molecule has 1 aliphatic heterocycles. The molecule has 0 aliphatic carbocycles. The molecular weight excluding hydrogens is 262 g/mol. The van der Waals surface area contributed by atoms with E-state index >= 15 is 0 Å². The monoisotopic (exact) mass is 277 g/mol. The van der Waals surface area contributed by atoms with Crippen molar-refractivity contribution in [3.8, 4) is 0 Å². The number of nitrogens with one attached hydrogen (secondary N) is 1. The van der Waals surface area contributed by atoms with Gasteiger partial charge in [0, 0.05) is 24.3 Å². The lowest BCUT2D eigenvalue weighted by atomic mass is 10.1. The number of nitrogens with two attached hydrogens (primary N) is 1. The molecule has 4 N–H and O–H groups in total. The summed E-state index contributed by atoms with van der Waals surface area (Å²) in [6.45, 7) is 0.673. The zero-order valence-electron chi connectivity index (χ0n) is 10.7. The van der Waals surface area contributed by atoms with Gasteiger partial charge in [-0.15, -0.1) is 0 Å². The Labute approximate surface area is 115 Å². The Morgan fingerprint density at radius 3 is 2.40 bits per heavy atom. The smallest absolute Gasteiger partial charge is 0.316 e. The number of carbonyl (C=O) groups is 3.